The van der Waals surface area contributed by atoms with Crippen molar-refractivity contribution < 1.29 is 36.3 Å². The summed E-state index contributed by atoms with van der Waals surface area (Å²) in [6.07, 6.45) is -3.15. The molecule has 2 aromatic heterocycles. The molecular formula is C21H18F3N3O5. The first-order valence-corrected chi connectivity index (χ1v) is 9.66. The number of aryl methyl sites for hydroxylation is 1. The third-order valence-corrected chi connectivity index (χ3v) is 4.86. The predicted octanol–water partition coefficient (Wildman–Crippen LogP) is 3.61. The molecule has 2 amide bonds. The molecule has 1 N–H and O–H groups in total. The molecule has 8 nitrogen and oxygen atoms in total. The van der Waals surface area contributed by atoms with E-state index in [2.05, 4.69) is 15.0 Å². The van der Waals surface area contributed by atoms with E-state index < -0.39 is 30.0 Å². The number of halogens is 3. The van der Waals surface area contributed by atoms with Gasteiger partial charge in [0.05, 0.1) is 18.4 Å². The van der Waals surface area contributed by atoms with E-state index in [0.717, 1.165) is 12.1 Å². The molecule has 32 heavy (non-hydrogen) atoms. The van der Waals surface area contributed by atoms with Crippen LogP contribution in [0.25, 0.3) is 11.7 Å². The van der Waals surface area contributed by atoms with Gasteiger partial charge in [-0.2, -0.15) is 0 Å². The predicted molar refractivity (Wildman–Crippen MR) is 105 cm³/mol. The second-order valence-corrected chi connectivity index (χ2v) is 7.12. The summed E-state index contributed by atoms with van der Waals surface area (Å²) in [6.45, 7) is 1.91. The summed E-state index contributed by atoms with van der Waals surface area (Å²) in [5.41, 5.74) is 0.664. The van der Waals surface area contributed by atoms with Gasteiger partial charge in [-0.1, -0.05) is 6.07 Å². The highest BCUT2D eigenvalue weighted by Gasteiger charge is 2.35. The lowest BCUT2D eigenvalue weighted by Crippen LogP contribution is -2.42. The largest absolute Gasteiger partial charge is 0.573 e. The minimum atomic E-state index is -4.83. The first-order chi connectivity index (χ1) is 15.2. The zero-order chi connectivity index (χ0) is 22.9. The molecule has 1 aromatic carbocycles. The molecule has 1 saturated heterocycles. The smallest absolute Gasteiger partial charge is 0.459 e. The number of furan rings is 1. The van der Waals surface area contributed by atoms with Crippen LogP contribution in [0.4, 0.5) is 18.9 Å². The van der Waals surface area contributed by atoms with Crippen molar-refractivity contribution >= 4 is 17.5 Å². The third-order valence-electron chi connectivity index (χ3n) is 4.86. The molecule has 0 saturated carbocycles. The Hall–Kier alpha value is -3.76. The number of rotatable bonds is 6. The van der Waals surface area contributed by atoms with Crippen LogP contribution in [0.1, 0.15) is 17.9 Å². The SMILES string of the molecule is Cc1oc(-c2ccco2)nc1CC(=O)NC1CCN(c2cccc(OC(F)(F)F)c2)C1=O. The van der Waals surface area contributed by atoms with Crippen molar-refractivity contribution in [1.82, 2.24) is 10.3 Å². The summed E-state index contributed by atoms with van der Waals surface area (Å²) in [5, 5.41) is 2.65. The lowest BCUT2D eigenvalue weighted by molar-refractivity contribution is -0.274. The maximum Gasteiger partial charge on any atom is 0.573 e. The number of nitrogens with one attached hydrogen (secondary N) is 1. The zero-order valence-electron chi connectivity index (χ0n) is 16.8. The van der Waals surface area contributed by atoms with Crippen molar-refractivity contribution in [2.75, 3.05) is 11.4 Å². The van der Waals surface area contributed by atoms with E-state index in [1.54, 1.807) is 19.1 Å². The van der Waals surface area contributed by atoms with Gasteiger partial charge in [-0.3, -0.25) is 9.59 Å². The molecule has 168 valence electrons. The molecule has 0 bridgehead atoms. The number of carbonyl (C=O) groups is 2. The third kappa shape index (κ3) is 4.76. The van der Waals surface area contributed by atoms with Crippen LogP contribution in [-0.4, -0.2) is 35.7 Å². The van der Waals surface area contributed by atoms with E-state index in [1.165, 1.54) is 23.3 Å². The summed E-state index contributed by atoms with van der Waals surface area (Å²) < 4.78 is 52.0. The number of nitrogens with zero attached hydrogens (tertiary/aromatic N) is 2. The van der Waals surface area contributed by atoms with Gasteiger partial charge in [0.2, 0.25) is 11.8 Å². The normalized spacial score (nSPS) is 16.4. The summed E-state index contributed by atoms with van der Waals surface area (Å²) >= 11 is 0. The molecule has 1 unspecified atom stereocenters. The Morgan fingerprint density at radius 3 is 2.84 bits per heavy atom. The van der Waals surface area contributed by atoms with Gasteiger partial charge in [-0.05, 0) is 37.6 Å². The maximum absolute atomic E-state index is 12.7. The van der Waals surface area contributed by atoms with Crippen molar-refractivity contribution in [1.29, 1.82) is 0 Å². The molecule has 3 aromatic rings. The van der Waals surface area contributed by atoms with Crippen molar-refractivity contribution in [2.45, 2.75) is 32.2 Å². The van der Waals surface area contributed by atoms with Crippen molar-refractivity contribution in [3.63, 3.8) is 0 Å². The summed E-state index contributed by atoms with van der Waals surface area (Å²) in [7, 11) is 0. The molecule has 0 aliphatic carbocycles. The van der Waals surface area contributed by atoms with Crippen LogP contribution < -0.4 is 15.0 Å². The summed E-state index contributed by atoms with van der Waals surface area (Å²) in [5.74, 6) is -0.147. The highest BCUT2D eigenvalue weighted by molar-refractivity contribution is 6.01. The highest BCUT2D eigenvalue weighted by Crippen LogP contribution is 2.29. The van der Waals surface area contributed by atoms with Gasteiger partial charge in [-0.15, -0.1) is 13.2 Å². The molecule has 1 atom stereocenters. The molecule has 11 heteroatoms. The van der Waals surface area contributed by atoms with Gasteiger partial charge in [0.1, 0.15) is 17.6 Å². The summed E-state index contributed by atoms with van der Waals surface area (Å²) in [4.78, 5) is 30.8. The van der Waals surface area contributed by atoms with Gasteiger partial charge >= 0.3 is 6.36 Å². The zero-order valence-corrected chi connectivity index (χ0v) is 16.8. The Labute approximate surface area is 180 Å². The van der Waals surface area contributed by atoms with Crippen LogP contribution in [0.3, 0.4) is 0 Å². The molecule has 3 heterocycles. The van der Waals surface area contributed by atoms with Crippen LogP contribution in [0.2, 0.25) is 0 Å². The minimum absolute atomic E-state index is 0.102. The van der Waals surface area contributed by atoms with Crippen molar-refractivity contribution in [3.05, 3.63) is 54.1 Å². The van der Waals surface area contributed by atoms with E-state index in [9.17, 15) is 22.8 Å². The second kappa shape index (κ2) is 8.40. The number of alkyl halides is 3. The van der Waals surface area contributed by atoms with Crippen LogP contribution in [-0.2, 0) is 16.0 Å². The quantitative estimate of drug-likeness (QED) is 0.618. The molecular weight excluding hydrogens is 431 g/mol. The van der Waals surface area contributed by atoms with Gasteiger partial charge in [0, 0.05) is 18.3 Å². The lowest BCUT2D eigenvalue weighted by atomic mass is 10.2. The van der Waals surface area contributed by atoms with E-state index in [0.29, 0.717) is 23.6 Å². The second-order valence-electron chi connectivity index (χ2n) is 7.12. The number of hydrogen-bond donors (Lipinski definition) is 1. The Morgan fingerprint density at radius 2 is 2.12 bits per heavy atom. The van der Waals surface area contributed by atoms with Crippen molar-refractivity contribution in [3.8, 4) is 17.4 Å². The van der Waals surface area contributed by atoms with Crippen LogP contribution in [0.15, 0.2) is 51.5 Å². The molecule has 4 rings (SSSR count). The number of hydrogen-bond acceptors (Lipinski definition) is 6. The van der Waals surface area contributed by atoms with Gasteiger partial charge in [0.15, 0.2) is 5.76 Å². The Bertz CT molecular complexity index is 1120. The van der Waals surface area contributed by atoms with E-state index >= 15 is 0 Å². The van der Waals surface area contributed by atoms with E-state index in [1.807, 2.05) is 0 Å². The van der Waals surface area contributed by atoms with E-state index in [4.69, 9.17) is 8.83 Å². The number of carbonyl (C=O) groups excluding carboxylic acids is 2. The monoisotopic (exact) mass is 449 g/mol. The standard InChI is InChI=1S/C21H18F3N3O5/c1-12-16(26-19(31-12)17-6-3-9-30-17)11-18(28)25-15-7-8-27(20(15)29)13-4-2-5-14(10-13)32-21(22,23)24/h2-6,9-10,15H,7-8,11H2,1H3,(H,25,28). The van der Waals surface area contributed by atoms with Crippen LogP contribution in [0.5, 0.6) is 5.75 Å². The molecule has 1 fully saturated rings. The Kier molecular flexibility index (Phi) is 5.64. The molecule has 1 aliphatic rings. The van der Waals surface area contributed by atoms with Crippen LogP contribution >= 0.6 is 0 Å². The molecule has 1 aliphatic heterocycles. The van der Waals surface area contributed by atoms with Gasteiger partial charge < -0.3 is 23.8 Å². The number of ether oxygens (including phenoxy) is 1. The van der Waals surface area contributed by atoms with Gasteiger partial charge in [0.25, 0.3) is 5.89 Å². The maximum atomic E-state index is 12.7. The van der Waals surface area contributed by atoms with Crippen molar-refractivity contribution in [2.24, 2.45) is 0 Å². The fourth-order valence-corrected chi connectivity index (χ4v) is 3.41. The molecule has 0 radical (unpaired) electrons. The van der Waals surface area contributed by atoms with Gasteiger partial charge in [-0.25, -0.2) is 4.98 Å². The number of amides is 2. The highest BCUT2D eigenvalue weighted by atomic mass is 19.4. The first-order valence-electron chi connectivity index (χ1n) is 9.66. The number of benzene rings is 1. The average molecular weight is 449 g/mol. The van der Waals surface area contributed by atoms with E-state index in [-0.39, 0.29) is 24.5 Å². The minimum Gasteiger partial charge on any atom is -0.459 e. The lowest BCUT2D eigenvalue weighted by Gasteiger charge is -2.18. The number of aromatic nitrogens is 1. The van der Waals surface area contributed by atoms with Crippen LogP contribution in [0, 0.1) is 6.92 Å². The summed E-state index contributed by atoms with van der Waals surface area (Å²) in [6, 6.07) is 7.70. The average Bonchev–Trinajstić information content (AvgIpc) is 3.43. The molecule has 0 spiro atoms. The number of anilines is 1. The number of oxazole rings is 1. The fourth-order valence-electron chi connectivity index (χ4n) is 3.41. The Balaban J connectivity index is 1.39. The topological polar surface area (TPSA) is 97.8 Å². The Morgan fingerprint density at radius 1 is 1.31 bits per heavy atom. The first kappa shape index (κ1) is 21.5. The fraction of sp³-hybridized carbons (Fsp3) is 0.286.